The number of ketones is 1. The molecule has 1 fully saturated rings. The minimum absolute atomic E-state index is 0.0430. The van der Waals surface area contributed by atoms with E-state index >= 15 is 0 Å². The molecule has 7 heteroatoms. The van der Waals surface area contributed by atoms with Crippen molar-refractivity contribution in [2.45, 2.75) is 37.6 Å². The SMILES string of the molecule is CC(=O)c1ccc(S(=O)(=O)N2CCC(C(=O)NC(C)c3ccc4ccccc4c3)CC2)cc1. The van der Waals surface area contributed by atoms with Gasteiger partial charge in [0.15, 0.2) is 5.78 Å². The summed E-state index contributed by atoms with van der Waals surface area (Å²) in [4.78, 5) is 24.5. The Balaban J connectivity index is 1.36. The highest BCUT2D eigenvalue weighted by Gasteiger charge is 2.32. The second kappa shape index (κ2) is 9.45. The Labute approximate surface area is 194 Å². The standard InChI is InChI=1S/C26H28N2O4S/c1-18(23-8-7-21-5-3-4-6-24(21)17-23)27-26(30)22-13-15-28(16-14-22)33(31,32)25-11-9-20(10-12-25)19(2)29/h3-12,17-18,22H,13-16H2,1-2H3,(H,27,30). The molecule has 0 spiro atoms. The molecule has 0 saturated carbocycles. The molecule has 1 saturated heterocycles. The third-order valence-corrected chi connectivity index (χ3v) is 8.27. The van der Waals surface area contributed by atoms with E-state index in [1.54, 1.807) is 0 Å². The second-order valence-electron chi connectivity index (χ2n) is 8.60. The van der Waals surface area contributed by atoms with Crippen LogP contribution in [0.3, 0.4) is 0 Å². The van der Waals surface area contributed by atoms with Crippen molar-refractivity contribution in [3.8, 4) is 0 Å². The van der Waals surface area contributed by atoms with Gasteiger partial charge in [0.2, 0.25) is 15.9 Å². The van der Waals surface area contributed by atoms with Gasteiger partial charge in [-0.15, -0.1) is 0 Å². The van der Waals surface area contributed by atoms with Crippen LogP contribution in [-0.2, 0) is 14.8 Å². The van der Waals surface area contributed by atoms with Crippen molar-refractivity contribution in [2.75, 3.05) is 13.1 Å². The number of piperidine rings is 1. The van der Waals surface area contributed by atoms with Crippen molar-refractivity contribution < 1.29 is 18.0 Å². The fourth-order valence-corrected chi connectivity index (χ4v) is 5.73. The Bertz CT molecular complexity index is 1280. The lowest BCUT2D eigenvalue weighted by molar-refractivity contribution is -0.126. The van der Waals surface area contributed by atoms with Crippen LogP contribution < -0.4 is 5.32 Å². The highest BCUT2D eigenvalue weighted by molar-refractivity contribution is 7.89. The smallest absolute Gasteiger partial charge is 0.243 e. The van der Waals surface area contributed by atoms with Crippen molar-refractivity contribution in [3.63, 3.8) is 0 Å². The molecule has 3 aromatic carbocycles. The van der Waals surface area contributed by atoms with E-state index in [2.05, 4.69) is 29.6 Å². The summed E-state index contributed by atoms with van der Waals surface area (Å²) in [7, 11) is -3.65. The molecule has 1 aliphatic heterocycles. The van der Waals surface area contributed by atoms with E-state index < -0.39 is 10.0 Å². The highest BCUT2D eigenvalue weighted by Crippen LogP contribution is 2.26. The maximum atomic E-state index is 13.0. The number of rotatable bonds is 6. The van der Waals surface area contributed by atoms with Gasteiger partial charge in [-0.3, -0.25) is 9.59 Å². The molecule has 1 unspecified atom stereocenters. The monoisotopic (exact) mass is 464 g/mol. The average Bonchev–Trinajstić information content (AvgIpc) is 2.83. The number of fused-ring (bicyclic) bond motifs is 1. The minimum atomic E-state index is -3.65. The third kappa shape index (κ3) is 4.99. The fourth-order valence-electron chi connectivity index (χ4n) is 4.26. The molecular formula is C26H28N2O4S. The fraction of sp³-hybridized carbons (Fsp3) is 0.308. The second-order valence-corrected chi connectivity index (χ2v) is 10.5. The number of amides is 1. The molecule has 6 nitrogen and oxygen atoms in total. The number of carbonyl (C=O) groups is 2. The molecule has 0 aliphatic carbocycles. The number of Topliss-reactive ketones (excluding diaryl/α,β-unsaturated/α-hetero) is 1. The summed E-state index contributed by atoms with van der Waals surface area (Å²) in [5, 5.41) is 5.38. The summed E-state index contributed by atoms with van der Waals surface area (Å²) in [5.41, 5.74) is 1.51. The predicted octanol–water partition coefficient (Wildman–Crippen LogP) is 4.32. The van der Waals surface area contributed by atoms with E-state index in [0.717, 1.165) is 16.3 Å². The third-order valence-electron chi connectivity index (χ3n) is 6.36. The number of benzene rings is 3. The van der Waals surface area contributed by atoms with Crippen LogP contribution in [0.2, 0.25) is 0 Å². The van der Waals surface area contributed by atoms with Gasteiger partial charge in [-0.1, -0.05) is 48.5 Å². The number of carbonyl (C=O) groups excluding carboxylic acids is 2. The highest BCUT2D eigenvalue weighted by atomic mass is 32.2. The van der Waals surface area contributed by atoms with E-state index in [0.29, 0.717) is 31.5 Å². The van der Waals surface area contributed by atoms with Crippen molar-refractivity contribution in [2.24, 2.45) is 5.92 Å². The van der Waals surface area contributed by atoms with Crippen molar-refractivity contribution in [1.29, 1.82) is 0 Å². The van der Waals surface area contributed by atoms with Crippen molar-refractivity contribution in [1.82, 2.24) is 9.62 Å². The summed E-state index contributed by atoms with van der Waals surface area (Å²) in [6, 6.07) is 20.1. The molecule has 4 rings (SSSR count). The molecule has 1 heterocycles. The van der Waals surface area contributed by atoms with Crippen LogP contribution in [0, 0.1) is 5.92 Å². The number of nitrogens with zero attached hydrogens (tertiary/aromatic N) is 1. The molecule has 1 N–H and O–H groups in total. The first-order valence-corrected chi connectivity index (χ1v) is 12.6. The molecular weight excluding hydrogens is 436 g/mol. The number of hydrogen-bond donors (Lipinski definition) is 1. The minimum Gasteiger partial charge on any atom is -0.349 e. The first-order valence-electron chi connectivity index (χ1n) is 11.2. The molecule has 1 amide bonds. The summed E-state index contributed by atoms with van der Waals surface area (Å²) in [6.07, 6.45) is 0.946. The van der Waals surface area contributed by atoms with Crippen LogP contribution in [-0.4, -0.2) is 37.5 Å². The Hall–Kier alpha value is -3.03. The molecule has 33 heavy (non-hydrogen) atoms. The van der Waals surface area contributed by atoms with E-state index in [-0.39, 0.29) is 28.5 Å². The van der Waals surface area contributed by atoms with Gasteiger partial charge < -0.3 is 5.32 Å². The van der Waals surface area contributed by atoms with Crippen LogP contribution in [0.15, 0.2) is 71.6 Å². The number of hydrogen-bond acceptors (Lipinski definition) is 4. The van der Waals surface area contributed by atoms with E-state index in [1.807, 2.05) is 25.1 Å². The Kier molecular flexibility index (Phi) is 6.63. The summed E-state index contributed by atoms with van der Waals surface area (Å²) in [6.45, 7) is 3.99. The van der Waals surface area contributed by atoms with Gasteiger partial charge in [-0.25, -0.2) is 8.42 Å². The van der Waals surface area contributed by atoms with Gasteiger partial charge in [0.1, 0.15) is 0 Å². The van der Waals surface area contributed by atoms with Crippen LogP contribution in [0.1, 0.15) is 48.7 Å². The average molecular weight is 465 g/mol. The Morgan fingerprint density at radius 1 is 0.939 bits per heavy atom. The van der Waals surface area contributed by atoms with Gasteiger partial charge in [-0.2, -0.15) is 4.31 Å². The first-order chi connectivity index (χ1) is 15.8. The van der Waals surface area contributed by atoms with Crippen LogP contribution in [0.4, 0.5) is 0 Å². The Morgan fingerprint density at radius 3 is 2.21 bits per heavy atom. The normalized spacial score (nSPS) is 16.4. The summed E-state index contributed by atoms with van der Waals surface area (Å²) in [5.74, 6) is -0.373. The quantitative estimate of drug-likeness (QED) is 0.551. The zero-order valence-electron chi connectivity index (χ0n) is 18.8. The van der Waals surface area contributed by atoms with Gasteiger partial charge in [0.05, 0.1) is 10.9 Å². The molecule has 0 bridgehead atoms. The zero-order valence-corrected chi connectivity index (χ0v) is 19.6. The summed E-state index contributed by atoms with van der Waals surface area (Å²) < 4.78 is 27.3. The van der Waals surface area contributed by atoms with E-state index in [4.69, 9.17) is 0 Å². The number of nitrogens with one attached hydrogen (secondary N) is 1. The molecule has 172 valence electrons. The largest absolute Gasteiger partial charge is 0.349 e. The van der Waals surface area contributed by atoms with Gasteiger partial charge >= 0.3 is 0 Å². The lowest BCUT2D eigenvalue weighted by atomic mass is 9.96. The zero-order chi connectivity index (χ0) is 23.6. The first kappa shape index (κ1) is 23.1. The predicted molar refractivity (Wildman–Crippen MR) is 128 cm³/mol. The van der Waals surface area contributed by atoms with Crippen LogP contribution in [0.5, 0.6) is 0 Å². The van der Waals surface area contributed by atoms with Crippen LogP contribution in [0.25, 0.3) is 10.8 Å². The lowest BCUT2D eigenvalue weighted by Gasteiger charge is -2.31. The van der Waals surface area contributed by atoms with Gasteiger partial charge in [-0.05, 0) is 61.2 Å². The molecule has 3 aromatic rings. The number of sulfonamides is 1. The van der Waals surface area contributed by atoms with E-state index in [1.165, 1.54) is 35.5 Å². The van der Waals surface area contributed by atoms with Crippen LogP contribution >= 0.6 is 0 Å². The van der Waals surface area contributed by atoms with Crippen molar-refractivity contribution in [3.05, 3.63) is 77.9 Å². The van der Waals surface area contributed by atoms with E-state index in [9.17, 15) is 18.0 Å². The maximum Gasteiger partial charge on any atom is 0.243 e. The molecule has 0 aromatic heterocycles. The lowest BCUT2D eigenvalue weighted by Crippen LogP contribution is -2.43. The molecule has 0 radical (unpaired) electrons. The topological polar surface area (TPSA) is 83.6 Å². The van der Waals surface area contributed by atoms with Crippen molar-refractivity contribution >= 4 is 32.5 Å². The maximum absolute atomic E-state index is 13.0. The van der Waals surface area contributed by atoms with Gasteiger partial charge in [0.25, 0.3) is 0 Å². The molecule has 1 atom stereocenters. The summed E-state index contributed by atoms with van der Waals surface area (Å²) >= 11 is 0. The Morgan fingerprint density at radius 2 is 1.58 bits per heavy atom. The molecule has 1 aliphatic rings. The van der Waals surface area contributed by atoms with Gasteiger partial charge in [0, 0.05) is 24.6 Å².